The summed E-state index contributed by atoms with van der Waals surface area (Å²) in [5, 5.41) is 11.8. The first kappa shape index (κ1) is 17.8. The van der Waals surface area contributed by atoms with E-state index in [1.165, 1.54) is 0 Å². The maximum Gasteiger partial charge on any atom is 0.230 e. The number of amides is 1. The second kappa shape index (κ2) is 7.18. The number of halogens is 2. The highest BCUT2D eigenvalue weighted by Crippen LogP contribution is 2.51. The van der Waals surface area contributed by atoms with Crippen LogP contribution in [0.25, 0.3) is 0 Å². The summed E-state index contributed by atoms with van der Waals surface area (Å²) in [6.07, 6.45) is 2.82. The molecule has 1 saturated carbocycles. The Morgan fingerprint density at radius 3 is 2.85 bits per heavy atom. The molecule has 2 atom stereocenters. The Labute approximate surface area is 162 Å². The summed E-state index contributed by atoms with van der Waals surface area (Å²) in [5.74, 6) is 1.63. The molecule has 6 nitrogen and oxygen atoms in total. The molecule has 1 aromatic carbocycles. The van der Waals surface area contributed by atoms with Gasteiger partial charge >= 0.3 is 0 Å². The Morgan fingerprint density at radius 2 is 2.08 bits per heavy atom. The minimum atomic E-state index is -0.106. The predicted molar refractivity (Wildman–Crippen MR) is 102 cm³/mol. The SMILES string of the molecule is Cn1nc(C2CCNCC2)nc1NC(=O)C1CC1c1cccc(Cl)c1Cl. The first-order chi connectivity index (χ1) is 12.5. The van der Waals surface area contributed by atoms with Gasteiger partial charge in [-0.3, -0.25) is 10.1 Å². The third-order valence-corrected chi connectivity index (χ3v) is 6.06. The number of piperidine rings is 1. The maximum atomic E-state index is 12.6. The van der Waals surface area contributed by atoms with Crippen LogP contribution >= 0.6 is 23.2 Å². The minimum absolute atomic E-state index is 0.0431. The number of carbonyl (C=O) groups is 1. The van der Waals surface area contributed by atoms with Gasteiger partial charge in [-0.05, 0) is 49.9 Å². The van der Waals surface area contributed by atoms with Gasteiger partial charge in [0.25, 0.3) is 0 Å². The van der Waals surface area contributed by atoms with Crippen molar-refractivity contribution < 1.29 is 4.79 Å². The Hall–Kier alpha value is -1.63. The summed E-state index contributed by atoms with van der Waals surface area (Å²) in [6.45, 7) is 1.96. The van der Waals surface area contributed by atoms with Crippen LogP contribution in [0.2, 0.25) is 10.0 Å². The average Bonchev–Trinajstić information content (AvgIpc) is 3.36. The number of carbonyl (C=O) groups excluding carboxylic acids is 1. The van der Waals surface area contributed by atoms with Crippen LogP contribution in [-0.2, 0) is 11.8 Å². The summed E-state index contributed by atoms with van der Waals surface area (Å²) in [7, 11) is 1.81. The molecule has 0 bridgehead atoms. The van der Waals surface area contributed by atoms with Crippen LogP contribution in [0.4, 0.5) is 5.95 Å². The summed E-state index contributed by atoms with van der Waals surface area (Å²) in [4.78, 5) is 17.2. The molecule has 1 aliphatic heterocycles. The van der Waals surface area contributed by atoms with Crippen molar-refractivity contribution in [1.29, 1.82) is 0 Å². The van der Waals surface area contributed by atoms with Crippen LogP contribution in [0, 0.1) is 5.92 Å². The van der Waals surface area contributed by atoms with Gasteiger partial charge in [-0.1, -0.05) is 35.3 Å². The lowest BCUT2D eigenvalue weighted by atomic mass is 9.98. The van der Waals surface area contributed by atoms with Crippen molar-refractivity contribution in [3.05, 3.63) is 39.6 Å². The van der Waals surface area contributed by atoms with Crippen molar-refractivity contribution in [1.82, 2.24) is 20.1 Å². The lowest BCUT2D eigenvalue weighted by Crippen LogP contribution is -2.27. The van der Waals surface area contributed by atoms with Crippen molar-refractivity contribution >= 4 is 35.1 Å². The highest BCUT2D eigenvalue weighted by molar-refractivity contribution is 6.42. The quantitative estimate of drug-likeness (QED) is 0.835. The molecule has 2 unspecified atom stereocenters. The Kier molecular flexibility index (Phi) is 4.90. The average molecular weight is 394 g/mol. The van der Waals surface area contributed by atoms with Crippen molar-refractivity contribution in [2.24, 2.45) is 13.0 Å². The summed E-state index contributed by atoms with van der Waals surface area (Å²) in [5.41, 5.74) is 0.938. The van der Waals surface area contributed by atoms with E-state index in [9.17, 15) is 4.79 Å². The molecule has 2 N–H and O–H groups in total. The van der Waals surface area contributed by atoms with Gasteiger partial charge in [-0.25, -0.2) is 4.68 Å². The number of nitrogens with one attached hydrogen (secondary N) is 2. The molecule has 1 aromatic heterocycles. The summed E-state index contributed by atoms with van der Waals surface area (Å²) in [6, 6.07) is 5.56. The standard InChI is InChI=1S/C18H21Cl2N5O/c1-25-18(22-16(24-25)10-5-7-21-8-6-10)23-17(26)13-9-12(13)11-3-2-4-14(19)15(11)20/h2-4,10,12-13,21H,5-9H2,1H3,(H,22,23,24,26). The molecule has 1 amide bonds. The molecule has 138 valence electrons. The van der Waals surface area contributed by atoms with Crippen LogP contribution < -0.4 is 10.6 Å². The molecule has 0 radical (unpaired) electrons. The molecule has 1 saturated heterocycles. The van der Waals surface area contributed by atoms with Crippen LogP contribution in [0.3, 0.4) is 0 Å². The highest BCUT2D eigenvalue weighted by atomic mass is 35.5. The van der Waals surface area contributed by atoms with Crippen molar-refractivity contribution in [3.63, 3.8) is 0 Å². The van der Waals surface area contributed by atoms with E-state index in [0.717, 1.165) is 43.7 Å². The van der Waals surface area contributed by atoms with Crippen LogP contribution in [-0.4, -0.2) is 33.8 Å². The molecule has 4 rings (SSSR count). The van der Waals surface area contributed by atoms with E-state index in [0.29, 0.717) is 21.9 Å². The lowest BCUT2D eigenvalue weighted by molar-refractivity contribution is -0.117. The fourth-order valence-corrected chi connectivity index (χ4v) is 4.05. The molecule has 2 aliphatic rings. The number of hydrogen-bond donors (Lipinski definition) is 2. The van der Waals surface area contributed by atoms with E-state index in [1.54, 1.807) is 10.7 Å². The first-order valence-corrected chi connectivity index (χ1v) is 9.66. The second-order valence-corrected chi connectivity index (χ2v) is 7.81. The zero-order valence-electron chi connectivity index (χ0n) is 14.5. The normalized spacial score (nSPS) is 23.0. The van der Waals surface area contributed by atoms with Gasteiger partial charge in [0, 0.05) is 18.9 Å². The summed E-state index contributed by atoms with van der Waals surface area (Å²) < 4.78 is 1.65. The summed E-state index contributed by atoms with van der Waals surface area (Å²) >= 11 is 12.4. The number of hydrogen-bond acceptors (Lipinski definition) is 4. The number of benzene rings is 1. The molecule has 2 heterocycles. The molecule has 8 heteroatoms. The number of aryl methyl sites for hydroxylation is 1. The van der Waals surface area contributed by atoms with Gasteiger partial charge < -0.3 is 5.32 Å². The number of anilines is 1. The van der Waals surface area contributed by atoms with Gasteiger partial charge in [0.15, 0.2) is 5.82 Å². The molecule has 26 heavy (non-hydrogen) atoms. The van der Waals surface area contributed by atoms with Gasteiger partial charge in [0.1, 0.15) is 0 Å². The van der Waals surface area contributed by atoms with Crippen molar-refractivity contribution in [2.75, 3.05) is 18.4 Å². The van der Waals surface area contributed by atoms with E-state index in [2.05, 4.69) is 20.7 Å². The van der Waals surface area contributed by atoms with Crippen molar-refractivity contribution in [3.8, 4) is 0 Å². The largest absolute Gasteiger partial charge is 0.317 e. The minimum Gasteiger partial charge on any atom is -0.317 e. The number of aromatic nitrogens is 3. The monoisotopic (exact) mass is 393 g/mol. The predicted octanol–water partition coefficient (Wildman–Crippen LogP) is 3.33. The third kappa shape index (κ3) is 3.46. The van der Waals surface area contributed by atoms with Gasteiger partial charge in [0.2, 0.25) is 11.9 Å². The topological polar surface area (TPSA) is 71.8 Å². The zero-order chi connectivity index (χ0) is 18.3. The first-order valence-electron chi connectivity index (χ1n) is 8.91. The Balaban J connectivity index is 1.43. The van der Waals surface area contributed by atoms with Crippen LogP contribution in [0.15, 0.2) is 18.2 Å². The molecular weight excluding hydrogens is 373 g/mol. The fourth-order valence-electron chi connectivity index (χ4n) is 3.60. The Bertz CT molecular complexity index is 831. The van der Waals surface area contributed by atoms with Gasteiger partial charge in [0.05, 0.1) is 10.0 Å². The van der Waals surface area contributed by atoms with E-state index in [1.807, 2.05) is 19.2 Å². The van der Waals surface area contributed by atoms with Gasteiger partial charge in [-0.2, -0.15) is 10.1 Å². The van der Waals surface area contributed by atoms with Crippen LogP contribution in [0.1, 0.15) is 42.5 Å². The molecule has 2 aromatic rings. The van der Waals surface area contributed by atoms with E-state index in [4.69, 9.17) is 23.2 Å². The highest BCUT2D eigenvalue weighted by Gasteiger charge is 2.45. The third-order valence-electron chi connectivity index (χ3n) is 5.23. The van der Waals surface area contributed by atoms with E-state index in [-0.39, 0.29) is 17.7 Å². The fraction of sp³-hybridized carbons (Fsp3) is 0.500. The molecule has 0 spiro atoms. The number of rotatable bonds is 4. The maximum absolute atomic E-state index is 12.6. The smallest absolute Gasteiger partial charge is 0.230 e. The lowest BCUT2D eigenvalue weighted by Gasteiger charge is -2.19. The zero-order valence-corrected chi connectivity index (χ0v) is 16.0. The molecule has 1 aliphatic carbocycles. The van der Waals surface area contributed by atoms with E-state index >= 15 is 0 Å². The van der Waals surface area contributed by atoms with E-state index < -0.39 is 0 Å². The number of nitrogens with zero attached hydrogens (tertiary/aromatic N) is 3. The Morgan fingerprint density at radius 1 is 1.31 bits per heavy atom. The van der Waals surface area contributed by atoms with Crippen LogP contribution in [0.5, 0.6) is 0 Å². The molecular formula is C18H21Cl2N5O. The van der Waals surface area contributed by atoms with Gasteiger partial charge in [-0.15, -0.1) is 0 Å². The van der Waals surface area contributed by atoms with Crippen molar-refractivity contribution in [2.45, 2.75) is 31.1 Å². The molecule has 2 fully saturated rings. The second-order valence-electron chi connectivity index (χ2n) is 7.02.